The van der Waals surface area contributed by atoms with Crippen molar-refractivity contribution in [2.24, 2.45) is 11.8 Å². The second-order valence-electron chi connectivity index (χ2n) is 6.07. The first-order chi connectivity index (χ1) is 10.1. The van der Waals surface area contributed by atoms with Crippen LogP contribution in [0.4, 0.5) is 4.79 Å². The smallest absolute Gasteiger partial charge is 0.317 e. The van der Waals surface area contributed by atoms with Crippen molar-refractivity contribution >= 4 is 12.0 Å². The van der Waals surface area contributed by atoms with E-state index in [2.05, 4.69) is 11.4 Å². The Morgan fingerprint density at radius 2 is 1.86 bits per heavy atom. The van der Waals surface area contributed by atoms with Gasteiger partial charge in [0.25, 0.3) is 0 Å². The fourth-order valence-electron chi connectivity index (χ4n) is 2.95. The highest BCUT2D eigenvalue weighted by Crippen LogP contribution is 2.29. The van der Waals surface area contributed by atoms with E-state index in [1.807, 2.05) is 0 Å². The lowest BCUT2D eigenvalue weighted by Crippen LogP contribution is -2.44. The minimum absolute atomic E-state index is 0.0758. The van der Waals surface area contributed by atoms with Crippen molar-refractivity contribution in [3.63, 3.8) is 0 Å². The number of nitrogens with zero attached hydrogens (tertiary/aromatic N) is 2. The third kappa shape index (κ3) is 4.62. The van der Waals surface area contributed by atoms with E-state index in [1.165, 1.54) is 0 Å². The zero-order valence-electron chi connectivity index (χ0n) is 12.3. The molecule has 2 rings (SSSR count). The summed E-state index contributed by atoms with van der Waals surface area (Å²) in [4.78, 5) is 24.8. The Labute approximate surface area is 125 Å². The van der Waals surface area contributed by atoms with Crippen molar-refractivity contribution in [2.45, 2.75) is 51.0 Å². The topological polar surface area (TPSA) is 93.4 Å². The molecule has 0 aromatic carbocycles. The molecule has 0 radical (unpaired) electrons. The van der Waals surface area contributed by atoms with E-state index in [-0.39, 0.29) is 11.9 Å². The van der Waals surface area contributed by atoms with Crippen LogP contribution in [0.15, 0.2) is 0 Å². The highest BCUT2D eigenvalue weighted by molar-refractivity contribution is 5.75. The van der Waals surface area contributed by atoms with Gasteiger partial charge in [0.1, 0.15) is 0 Å². The minimum Gasteiger partial charge on any atom is -0.481 e. The van der Waals surface area contributed by atoms with Gasteiger partial charge in [-0.3, -0.25) is 4.79 Å². The molecular formula is C15H23N3O3. The summed E-state index contributed by atoms with van der Waals surface area (Å²) in [7, 11) is 0. The molecule has 0 aliphatic heterocycles. The predicted octanol–water partition coefficient (Wildman–Crippen LogP) is 1.97. The van der Waals surface area contributed by atoms with Gasteiger partial charge in [-0.1, -0.05) is 0 Å². The summed E-state index contributed by atoms with van der Waals surface area (Å²) in [6.45, 7) is 1.11. The molecule has 2 saturated carbocycles. The molecule has 0 spiro atoms. The Hall–Kier alpha value is -1.77. The van der Waals surface area contributed by atoms with Gasteiger partial charge in [0, 0.05) is 19.1 Å². The summed E-state index contributed by atoms with van der Waals surface area (Å²) in [6.07, 6.45) is 5.56. The third-order valence-corrected chi connectivity index (χ3v) is 4.45. The van der Waals surface area contributed by atoms with Crippen LogP contribution in [-0.4, -0.2) is 41.1 Å². The van der Waals surface area contributed by atoms with Crippen molar-refractivity contribution in [1.82, 2.24) is 10.2 Å². The molecule has 2 aliphatic rings. The third-order valence-electron chi connectivity index (χ3n) is 4.45. The molecule has 0 unspecified atom stereocenters. The Morgan fingerprint density at radius 3 is 2.38 bits per heavy atom. The Bertz CT molecular complexity index is 420. The van der Waals surface area contributed by atoms with E-state index in [0.29, 0.717) is 44.3 Å². The summed E-state index contributed by atoms with van der Waals surface area (Å²) in [5, 5.41) is 20.6. The molecule has 6 nitrogen and oxygen atoms in total. The second kappa shape index (κ2) is 7.30. The lowest BCUT2D eigenvalue weighted by atomic mass is 9.82. The number of nitriles is 1. The number of hydrogen-bond acceptors (Lipinski definition) is 3. The molecule has 0 aromatic rings. The average molecular weight is 293 g/mol. The quantitative estimate of drug-likeness (QED) is 0.783. The number of aliphatic carboxylic acids is 1. The van der Waals surface area contributed by atoms with Gasteiger partial charge in [0.2, 0.25) is 0 Å². The lowest BCUT2D eigenvalue weighted by molar-refractivity contribution is -0.143. The van der Waals surface area contributed by atoms with Crippen LogP contribution in [-0.2, 0) is 4.79 Å². The zero-order chi connectivity index (χ0) is 15.2. The average Bonchev–Trinajstić information content (AvgIpc) is 3.30. The van der Waals surface area contributed by atoms with Crippen LogP contribution in [0.25, 0.3) is 0 Å². The Morgan fingerprint density at radius 1 is 1.19 bits per heavy atom. The van der Waals surface area contributed by atoms with E-state index in [0.717, 1.165) is 25.7 Å². The highest BCUT2D eigenvalue weighted by atomic mass is 16.4. The van der Waals surface area contributed by atoms with E-state index in [9.17, 15) is 9.59 Å². The monoisotopic (exact) mass is 293 g/mol. The number of rotatable bonds is 6. The normalized spacial score (nSPS) is 24.9. The molecule has 116 valence electrons. The van der Waals surface area contributed by atoms with E-state index in [4.69, 9.17) is 10.4 Å². The van der Waals surface area contributed by atoms with Gasteiger partial charge in [-0.25, -0.2) is 4.79 Å². The molecule has 2 N–H and O–H groups in total. The molecule has 0 heterocycles. The maximum absolute atomic E-state index is 12.2. The Kier molecular flexibility index (Phi) is 5.43. The largest absolute Gasteiger partial charge is 0.481 e. The molecule has 6 heteroatoms. The minimum atomic E-state index is -0.700. The number of carbonyl (C=O) groups is 2. The van der Waals surface area contributed by atoms with Crippen LogP contribution in [0.1, 0.15) is 44.9 Å². The Balaban J connectivity index is 1.71. The van der Waals surface area contributed by atoms with Gasteiger partial charge in [-0.15, -0.1) is 0 Å². The van der Waals surface area contributed by atoms with Crippen LogP contribution in [0.5, 0.6) is 0 Å². The molecule has 0 bridgehead atoms. The first-order valence-electron chi connectivity index (χ1n) is 7.76. The maximum Gasteiger partial charge on any atom is 0.317 e. The molecule has 21 heavy (non-hydrogen) atoms. The number of carboxylic acids is 1. The molecular weight excluding hydrogens is 270 g/mol. The zero-order valence-corrected chi connectivity index (χ0v) is 12.3. The van der Waals surface area contributed by atoms with Gasteiger partial charge in [0.15, 0.2) is 0 Å². The van der Waals surface area contributed by atoms with Gasteiger partial charge in [-0.2, -0.15) is 5.26 Å². The molecule has 2 amide bonds. The molecule has 2 fully saturated rings. The van der Waals surface area contributed by atoms with Crippen LogP contribution in [0.2, 0.25) is 0 Å². The number of hydrogen-bond donors (Lipinski definition) is 2. The van der Waals surface area contributed by atoms with Crippen molar-refractivity contribution in [2.75, 3.05) is 13.1 Å². The first kappa shape index (κ1) is 15.6. The number of nitrogens with one attached hydrogen (secondary N) is 1. The summed E-state index contributed by atoms with van der Waals surface area (Å²) < 4.78 is 0. The van der Waals surface area contributed by atoms with Gasteiger partial charge >= 0.3 is 12.0 Å². The molecule has 0 atom stereocenters. The number of amides is 2. The number of urea groups is 1. The van der Waals surface area contributed by atoms with E-state index in [1.54, 1.807) is 4.90 Å². The van der Waals surface area contributed by atoms with Gasteiger partial charge < -0.3 is 15.3 Å². The fraction of sp³-hybridized carbons (Fsp3) is 0.800. The van der Waals surface area contributed by atoms with E-state index < -0.39 is 5.97 Å². The summed E-state index contributed by atoms with van der Waals surface area (Å²) in [6, 6.07) is 2.31. The summed E-state index contributed by atoms with van der Waals surface area (Å²) in [5.41, 5.74) is 0. The molecule has 2 aliphatic carbocycles. The van der Waals surface area contributed by atoms with Gasteiger partial charge in [0.05, 0.1) is 18.4 Å². The molecule has 0 aromatic heterocycles. The summed E-state index contributed by atoms with van der Waals surface area (Å²) >= 11 is 0. The van der Waals surface area contributed by atoms with Crippen molar-refractivity contribution < 1.29 is 14.7 Å². The number of carboxylic acid groups (broad SMARTS) is 1. The SMILES string of the molecule is N#CCCN(C(=O)NCC1CCC(C(=O)O)CC1)C1CC1. The van der Waals surface area contributed by atoms with Crippen molar-refractivity contribution in [1.29, 1.82) is 5.26 Å². The standard InChI is InChI=1S/C15H23N3O3/c16-8-1-9-18(13-6-7-13)15(21)17-10-11-2-4-12(5-3-11)14(19)20/h11-13H,1-7,9-10H2,(H,17,21)(H,19,20). The van der Waals surface area contributed by atoms with Crippen LogP contribution < -0.4 is 5.32 Å². The lowest BCUT2D eigenvalue weighted by Gasteiger charge is -2.28. The number of carbonyl (C=O) groups excluding carboxylic acids is 1. The van der Waals surface area contributed by atoms with Crippen LogP contribution in [0, 0.1) is 23.2 Å². The van der Waals surface area contributed by atoms with Gasteiger partial charge in [-0.05, 0) is 44.4 Å². The fourth-order valence-corrected chi connectivity index (χ4v) is 2.95. The van der Waals surface area contributed by atoms with Crippen molar-refractivity contribution in [3.05, 3.63) is 0 Å². The second-order valence-corrected chi connectivity index (χ2v) is 6.07. The first-order valence-corrected chi connectivity index (χ1v) is 7.76. The summed E-state index contributed by atoms with van der Waals surface area (Å²) in [5.74, 6) is -0.536. The van der Waals surface area contributed by atoms with Crippen molar-refractivity contribution in [3.8, 4) is 6.07 Å². The molecule has 0 saturated heterocycles. The maximum atomic E-state index is 12.2. The van der Waals surface area contributed by atoms with Crippen LogP contribution in [0.3, 0.4) is 0 Å². The van der Waals surface area contributed by atoms with E-state index >= 15 is 0 Å². The highest BCUT2D eigenvalue weighted by Gasteiger charge is 2.32. The van der Waals surface area contributed by atoms with Crippen LogP contribution >= 0.6 is 0 Å². The predicted molar refractivity (Wildman–Crippen MR) is 76.4 cm³/mol.